The fraction of sp³-hybridized carbons (Fsp3) is 0.600. The first kappa shape index (κ1) is 17.8. The van der Waals surface area contributed by atoms with Crippen LogP contribution in [0.15, 0.2) is 24.3 Å². The Labute approximate surface area is 123 Å². The SMILES string of the molecule is CC(C)CC(C)(O)CNCc1ccccc1OC(F)(F)F. The molecule has 3 nitrogen and oxygen atoms in total. The molecule has 1 rings (SSSR count). The van der Waals surface area contributed by atoms with Crippen LogP contribution in [-0.4, -0.2) is 23.6 Å². The minimum Gasteiger partial charge on any atom is -0.405 e. The van der Waals surface area contributed by atoms with E-state index in [1.807, 2.05) is 13.8 Å². The number of alkyl halides is 3. The predicted molar refractivity (Wildman–Crippen MR) is 74.9 cm³/mol. The van der Waals surface area contributed by atoms with Crippen LogP contribution in [-0.2, 0) is 6.54 Å². The van der Waals surface area contributed by atoms with E-state index >= 15 is 0 Å². The van der Waals surface area contributed by atoms with Crippen molar-refractivity contribution in [3.8, 4) is 5.75 Å². The molecule has 0 saturated carbocycles. The van der Waals surface area contributed by atoms with Gasteiger partial charge in [-0.15, -0.1) is 13.2 Å². The number of ether oxygens (including phenoxy) is 1. The summed E-state index contributed by atoms with van der Waals surface area (Å²) in [6.07, 6.45) is -4.10. The zero-order valence-electron chi connectivity index (χ0n) is 12.5. The molecule has 1 atom stereocenters. The number of nitrogens with one attached hydrogen (secondary N) is 1. The Morgan fingerprint density at radius 2 is 1.86 bits per heavy atom. The Kier molecular flexibility index (Phi) is 6.04. The van der Waals surface area contributed by atoms with E-state index in [-0.39, 0.29) is 12.3 Å². The first-order valence-corrected chi connectivity index (χ1v) is 6.86. The maximum absolute atomic E-state index is 12.3. The predicted octanol–water partition coefficient (Wildman–Crippen LogP) is 3.47. The molecule has 0 aliphatic heterocycles. The van der Waals surface area contributed by atoms with Crippen molar-refractivity contribution in [2.75, 3.05) is 6.54 Å². The molecule has 1 aromatic rings. The molecule has 0 bridgehead atoms. The molecule has 2 N–H and O–H groups in total. The maximum atomic E-state index is 12.3. The van der Waals surface area contributed by atoms with E-state index in [1.54, 1.807) is 19.1 Å². The molecular formula is C15H22F3NO2. The standard InChI is InChI=1S/C15H22F3NO2/c1-11(2)8-14(3,20)10-19-9-12-6-4-5-7-13(12)21-15(16,17)18/h4-7,11,19-20H,8-10H2,1-3H3. The minimum absolute atomic E-state index is 0.195. The zero-order chi connectivity index (χ0) is 16.1. The number of rotatable bonds is 7. The van der Waals surface area contributed by atoms with E-state index in [9.17, 15) is 18.3 Å². The number of para-hydroxylation sites is 1. The molecule has 120 valence electrons. The maximum Gasteiger partial charge on any atom is 0.573 e. The highest BCUT2D eigenvalue weighted by Gasteiger charge is 2.32. The third kappa shape index (κ3) is 7.34. The van der Waals surface area contributed by atoms with E-state index in [2.05, 4.69) is 10.1 Å². The second kappa shape index (κ2) is 7.13. The molecule has 21 heavy (non-hydrogen) atoms. The van der Waals surface area contributed by atoms with Crippen LogP contribution in [0.25, 0.3) is 0 Å². The van der Waals surface area contributed by atoms with E-state index in [0.717, 1.165) is 0 Å². The van der Waals surface area contributed by atoms with Crippen molar-refractivity contribution < 1.29 is 23.0 Å². The van der Waals surface area contributed by atoms with Crippen molar-refractivity contribution in [3.05, 3.63) is 29.8 Å². The third-order valence-electron chi connectivity index (χ3n) is 2.87. The van der Waals surface area contributed by atoms with Gasteiger partial charge in [0.1, 0.15) is 5.75 Å². The molecule has 1 aromatic carbocycles. The summed E-state index contributed by atoms with van der Waals surface area (Å²) < 4.78 is 40.9. The third-order valence-corrected chi connectivity index (χ3v) is 2.87. The van der Waals surface area contributed by atoms with Crippen LogP contribution in [0, 0.1) is 5.92 Å². The van der Waals surface area contributed by atoms with Crippen molar-refractivity contribution in [3.63, 3.8) is 0 Å². The quantitative estimate of drug-likeness (QED) is 0.810. The summed E-state index contributed by atoms with van der Waals surface area (Å²) in [5.41, 5.74) is -0.497. The molecule has 0 aliphatic carbocycles. The van der Waals surface area contributed by atoms with Gasteiger partial charge < -0.3 is 15.2 Å². The smallest absolute Gasteiger partial charge is 0.405 e. The van der Waals surface area contributed by atoms with E-state index in [1.165, 1.54) is 12.1 Å². The zero-order valence-corrected chi connectivity index (χ0v) is 12.5. The fourth-order valence-corrected chi connectivity index (χ4v) is 2.29. The fourth-order valence-electron chi connectivity index (χ4n) is 2.29. The van der Waals surface area contributed by atoms with Crippen LogP contribution in [0.2, 0.25) is 0 Å². The van der Waals surface area contributed by atoms with Crippen molar-refractivity contribution in [2.24, 2.45) is 5.92 Å². The van der Waals surface area contributed by atoms with Gasteiger partial charge in [0.25, 0.3) is 0 Å². The second-order valence-corrected chi connectivity index (χ2v) is 5.85. The summed E-state index contributed by atoms with van der Waals surface area (Å²) in [7, 11) is 0. The van der Waals surface area contributed by atoms with Crippen molar-refractivity contribution >= 4 is 0 Å². The van der Waals surface area contributed by atoms with Gasteiger partial charge in [-0.05, 0) is 25.3 Å². The van der Waals surface area contributed by atoms with Crippen LogP contribution in [0.3, 0.4) is 0 Å². The van der Waals surface area contributed by atoms with Gasteiger partial charge in [0, 0.05) is 18.7 Å². The van der Waals surface area contributed by atoms with E-state index < -0.39 is 12.0 Å². The number of hydrogen-bond donors (Lipinski definition) is 2. The van der Waals surface area contributed by atoms with Crippen LogP contribution in [0.1, 0.15) is 32.8 Å². The van der Waals surface area contributed by atoms with E-state index in [4.69, 9.17) is 0 Å². The topological polar surface area (TPSA) is 41.5 Å². The molecule has 6 heteroatoms. The molecule has 0 saturated heterocycles. The van der Waals surface area contributed by atoms with Gasteiger partial charge in [0.05, 0.1) is 5.60 Å². The summed E-state index contributed by atoms with van der Waals surface area (Å²) in [4.78, 5) is 0. The summed E-state index contributed by atoms with van der Waals surface area (Å²) in [6, 6.07) is 5.97. The second-order valence-electron chi connectivity index (χ2n) is 5.85. The lowest BCUT2D eigenvalue weighted by Crippen LogP contribution is -2.38. The van der Waals surface area contributed by atoms with Gasteiger partial charge in [-0.1, -0.05) is 32.0 Å². The molecule has 0 heterocycles. The minimum atomic E-state index is -4.71. The number of halogens is 3. The molecule has 0 aliphatic rings. The van der Waals surface area contributed by atoms with Gasteiger partial charge in [-0.25, -0.2) is 0 Å². The first-order chi connectivity index (χ1) is 9.59. The van der Waals surface area contributed by atoms with Crippen LogP contribution < -0.4 is 10.1 Å². The average Bonchev–Trinajstić information content (AvgIpc) is 2.27. The number of hydrogen-bond acceptors (Lipinski definition) is 3. The monoisotopic (exact) mass is 305 g/mol. The summed E-state index contributed by atoms with van der Waals surface area (Å²) in [6.45, 7) is 6.20. The van der Waals surface area contributed by atoms with Crippen LogP contribution >= 0.6 is 0 Å². The Morgan fingerprint density at radius 1 is 1.24 bits per heavy atom. The van der Waals surface area contributed by atoms with Crippen molar-refractivity contribution in [1.29, 1.82) is 0 Å². The van der Waals surface area contributed by atoms with Gasteiger partial charge in [-0.3, -0.25) is 0 Å². The van der Waals surface area contributed by atoms with E-state index in [0.29, 0.717) is 24.4 Å². The highest BCUT2D eigenvalue weighted by Crippen LogP contribution is 2.26. The molecule has 0 fully saturated rings. The molecule has 0 radical (unpaired) electrons. The van der Waals surface area contributed by atoms with Crippen LogP contribution in [0.5, 0.6) is 5.75 Å². The Morgan fingerprint density at radius 3 is 2.43 bits per heavy atom. The Balaban J connectivity index is 2.60. The van der Waals surface area contributed by atoms with Gasteiger partial charge in [-0.2, -0.15) is 0 Å². The Bertz CT molecular complexity index is 445. The number of benzene rings is 1. The average molecular weight is 305 g/mol. The molecule has 1 unspecified atom stereocenters. The molecule has 0 aromatic heterocycles. The highest BCUT2D eigenvalue weighted by molar-refractivity contribution is 5.33. The summed E-state index contributed by atoms with van der Waals surface area (Å²) >= 11 is 0. The summed E-state index contributed by atoms with van der Waals surface area (Å²) in [5, 5.41) is 13.1. The molecular weight excluding hydrogens is 283 g/mol. The highest BCUT2D eigenvalue weighted by atomic mass is 19.4. The lowest BCUT2D eigenvalue weighted by molar-refractivity contribution is -0.274. The van der Waals surface area contributed by atoms with Crippen molar-refractivity contribution in [2.45, 2.75) is 45.7 Å². The molecule has 0 amide bonds. The van der Waals surface area contributed by atoms with Gasteiger partial charge >= 0.3 is 6.36 Å². The van der Waals surface area contributed by atoms with Crippen LogP contribution in [0.4, 0.5) is 13.2 Å². The van der Waals surface area contributed by atoms with Crippen molar-refractivity contribution in [1.82, 2.24) is 5.32 Å². The summed E-state index contributed by atoms with van der Waals surface area (Å²) in [5.74, 6) is 0.114. The Hall–Kier alpha value is -1.27. The first-order valence-electron chi connectivity index (χ1n) is 6.86. The number of aliphatic hydroxyl groups is 1. The largest absolute Gasteiger partial charge is 0.573 e. The lowest BCUT2D eigenvalue weighted by Gasteiger charge is -2.26. The lowest BCUT2D eigenvalue weighted by atomic mass is 9.94. The van der Waals surface area contributed by atoms with Gasteiger partial charge in [0.2, 0.25) is 0 Å². The normalized spacial score (nSPS) is 15.0. The van der Waals surface area contributed by atoms with Gasteiger partial charge in [0.15, 0.2) is 0 Å². The molecule has 0 spiro atoms.